The molecule has 2 aliphatic rings. The fourth-order valence-corrected chi connectivity index (χ4v) is 3.74. The minimum atomic E-state index is 0.709. The lowest BCUT2D eigenvalue weighted by Gasteiger charge is -2.30. The van der Waals surface area contributed by atoms with Gasteiger partial charge in [-0.3, -0.25) is 4.90 Å². The molecule has 2 aromatic rings. The number of fused-ring (bicyclic) bond motifs is 3. The van der Waals surface area contributed by atoms with Gasteiger partial charge in [0.15, 0.2) is 0 Å². The first-order chi connectivity index (χ1) is 9.42. The van der Waals surface area contributed by atoms with Gasteiger partial charge < -0.3 is 4.57 Å². The van der Waals surface area contributed by atoms with Crippen LogP contribution in [-0.4, -0.2) is 22.6 Å². The third-order valence-corrected chi connectivity index (χ3v) is 4.67. The highest BCUT2D eigenvalue weighted by atomic mass is 15.2. The normalized spacial score (nSPS) is 22.2. The van der Waals surface area contributed by atoms with Crippen molar-refractivity contribution >= 4 is 0 Å². The molecule has 0 radical (unpaired) electrons. The molecule has 19 heavy (non-hydrogen) atoms. The Hall–Kier alpha value is -1.54. The summed E-state index contributed by atoms with van der Waals surface area (Å²) < 4.78 is 2.46. The van der Waals surface area contributed by atoms with Crippen molar-refractivity contribution in [3.8, 4) is 0 Å². The summed E-state index contributed by atoms with van der Waals surface area (Å²) in [4.78, 5) is 2.66. The Morgan fingerprint density at radius 3 is 2.84 bits per heavy atom. The van der Waals surface area contributed by atoms with Gasteiger partial charge in [0.25, 0.3) is 0 Å². The summed E-state index contributed by atoms with van der Waals surface area (Å²) in [5, 5.41) is 0. The molecule has 2 aliphatic heterocycles. The van der Waals surface area contributed by atoms with Crippen molar-refractivity contribution in [1.29, 1.82) is 0 Å². The van der Waals surface area contributed by atoms with E-state index in [1.807, 2.05) is 0 Å². The van der Waals surface area contributed by atoms with Crippen molar-refractivity contribution in [3.63, 3.8) is 0 Å². The lowest BCUT2D eigenvalue weighted by molar-refractivity contribution is 0.241. The van der Waals surface area contributed by atoms with Crippen LogP contribution in [0, 0.1) is 0 Å². The first-order valence-corrected chi connectivity index (χ1v) is 7.38. The van der Waals surface area contributed by atoms with Crippen molar-refractivity contribution in [2.24, 2.45) is 0 Å². The number of aromatic nitrogens is 1. The highest BCUT2D eigenvalue weighted by Crippen LogP contribution is 2.38. The SMILES string of the molecule is c1ccc(Cn2ccc3c2CCN2CCCC32)cc1. The Kier molecular flexibility index (Phi) is 2.70. The van der Waals surface area contributed by atoms with E-state index in [2.05, 4.69) is 52.1 Å². The highest BCUT2D eigenvalue weighted by molar-refractivity contribution is 5.31. The summed E-state index contributed by atoms with van der Waals surface area (Å²) in [6.45, 7) is 3.56. The fourth-order valence-electron chi connectivity index (χ4n) is 3.74. The third-order valence-electron chi connectivity index (χ3n) is 4.67. The monoisotopic (exact) mass is 252 g/mol. The largest absolute Gasteiger partial charge is 0.347 e. The Balaban J connectivity index is 1.65. The molecule has 1 unspecified atom stereocenters. The van der Waals surface area contributed by atoms with Gasteiger partial charge in [-0.25, -0.2) is 0 Å². The van der Waals surface area contributed by atoms with E-state index in [4.69, 9.17) is 0 Å². The van der Waals surface area contributed by atoms with Crippen LogP contribution in [0.25, 0.3) is 0 Å². The van der Waals surface area contributed by atoms with Crippen molar-refractivity contribution < 1.29 is 0 Å². The summed E-state index contributed by atoms with van der Waals surface area (Å²) in [5.74, 6) is 0. The highest BCUT2D eigenvalue weighted by Gasteiger charge is 2.32. The van der Waals surface area contributed by atoms with E-state index in [0.717, 1.165) is 6.54 Å². The summed E-state index contributed by atoms with van der Waals surface area (Å²) in [6.07, 6.45) is 6.22. The van der Waals surface area contributed by atoms with E-state index in [1.54, 1.807) is 11.3 Å². The molecule has 1 aromatic heterocycles. The summed E-state index contributed by atoms with van der Waals surface area (Å²) >= 11 is 0. The molecular weight excluding hydrogens is 232 g/mol. The number of hydrogen-bond acceptors (Lipinski definition) is 1. The molecule has 1 atom stereocenters. The zero-order chi connectivity index (χ0) is 12.7. The average Bonchev–Trinajstić information content (AvgIpc) is 3.06. The summed E-state index contributed by atoms with van der Waals surface area (Å²) in [7, 11) is 0. The van der Waals surface area contributed by atoms with Crippen LogP contribution in [0.4, 0.5) is 0 Å². The third kappa shape index (κ3) is 1.91. The zero-order valence-electron chi connectivity index (χ0n) is 11.3. The zero-order valence-corrected chi connectivity index (χ0v) is 11.3. The maximum atomic E-state index is 2.66. The second-order valence-electron chi connectivity index (χ2n) is 5.78. The molecule has 2 heteroatoms. The van der Waals surface area contributed by atoms with Gasteiger partial charge in [0, 0.05) is 37.4 Å². The molecule has 2 nitrogen and oxygen atoms in total. The lowest BCUT2D eigenvalue weighted by atomic mass is 9.99. The van der Waals surface area contributed by atoms with E-state index in [1.165, 1.54) is 37.9 Å². The van der Waals surface area contributed by atoms with Crippen molar-refractivity contribution in [2.45, 2.75) is 31.8 Å². The predicted molar refractivity (Wildman–Crippen MR) is 77.2 cm³/mol. The summed E-state index contributed by atoms with van der Waals surface area (Å²) in [6, 6.07) is 13.9. The minimum Gasteiger partial charge on any atom is -0.347 e. The maximum Gasteiger partial charge on any atom is 0.0472 e. The van der Waals surface area contributed by atoms with Gasteiger partial charge in [-0.05, 0) is 36.6 Å². The molecule has 0 bridgehead atoms. The van der Waals surface area contributed by atoms with Crippen LogP contribution in [0.1, 0.15) is 35.7 Å². The maximum absolute atomic E-state index is 2.66. The lowest BCUT2D eigenvalue weighted by Crippen LogP contribution is -2.31. The minimum absolute atomic E-state index is 0.709. The van der Waals surface area contributed by atoms with Crippen LogP contribution in [0.5, 0.6) is 0 Å². The molecule has 0 aliphatic carbocycles. The standard InChI is InChI=1S/C17H20N2/c1-2-5-14(6-3-1)13-19-11-8-15-16-7-4-10-18(16)12-9-17(15)19/h1-3,5-6,8,11,16H,4,7,9-10,12-13H2. The van der Waals surface area contributed by atoms with Crippen molar-refractivity contribution in [1.82, 2.24) is 9.47 Å². The molecule has 0 amide bonds. The Morgan fingerprint density at radius 1 is 1.05 bits per heavy atom. The molecule has 0 spiro atoms. The van der Waals surface area contributed by atoms with E-state index in [0.29, 0.717) is 6.04 Å². The molecule has 1 fully saturated rings. The average molecular weight is 252 g/mol. The molecule has 98 valence electrons. The second kappa shape index (κ2) is 4.53. The van der Waals surface area contributed by atoms with Gasteiger partial charge in [-0.1, -0.05) is 30.3 Å². The molecule has 0 N–H and O–H groups in total. The smallest absolute Gasteiger partial charge is 0.0472 e. The van der Waals surface area contributed by atoms with Crippen LogP contribution >= 0.6 is 0 Å². The number of nitrogens with zero attached hydrogens (tertiary/aromatic N) is 2. The number of benzene rings is 1. The van der Waals surface area contributed by atoms with Gasteiger partial charge >= 0.3 is 0 Å². The van der Waals surface area contributed by atoms with Gasteiger partial charge in [0.1, 0.15) is 0 Å². The molecule has 1 saturated heterocycles. The number of hydrogen-bond donors (Lipinski definition) is 0. The predicted octanol–water partition coefficient (Wildman–Crippen LogP) is 3.23. The second-order valence-corrected chi connectivity index (χ2v) is 5.78. The molecular formula is C17H20N2. The molecule has 0 saturated carbocycles. The first-order valence-electron chi connectivity index (χ1n) is 7.38. The van der Waals surface area contributed by atoms with E-state index in [9.17, 15) is 0 Å². The Morgan fingerprint density at radius 2 is 1.95 bits per heavy atom. The summed E-state index contributed by atoms with van der Waals surface area (Å²) in [5.41, 5.74) is 4.57. The van der Waals surface area contributed by atoms with Crippen LogP contribution in [0.15, 0.2) is 42.6 Å². The van der Waals surface area contributed by atoms with Gasteiger partial charge in [-0.15, -0.1) is 0 Å². The number of rotatable bonds is 2. The first kappa shape index (κ1) is 11.3. The molecule has 4 rings (SSSR count). The van der Waals surface area contributed by atoms with Crippen LogP contribution in [0.2, 0.25) is 0 Å². The van der Waals surface area contributed by atoms with Gasteiger partial charge in [0.05, 0.1) is 0 Å². The van der Waals surface area contributed by atoms with Crippen molar-refractivity contribution in [3.05, 3.63) is 59.4 Å². The van der Waals surface area contributed by atoms with Crippen LogP contribution in [-0.2, 0) is 13.0 Å². The Bertz CT molecular complexity index is 570. The Labute approximate surface area is 114 Å². The molecule has 1 aromatic carbocycles. The fraction of sp³-hybridized carbons (Fsp3) is 0.412. The topological polar surface area (TPSA) is 8.17 Å². The quantitative estimate of drug-likeness (QED) is 0.796. The van der Waals surface area contributed by atoms with E-state index >= 15 is 0 Å². The molecule has 3 heterocycles. The van der Waals surface area contributed by atoms with Crippen LogP contribution in [0.3, 0.4) is 0 Å². The van der Waals surface area contributed by atoms with E-state index < -0.39 is 0 Å². The van der Waals surface area contributed by atoms with Gasteiger partial charge in [0.2, 0.25) is 0 Å². The van der Waals surface area contributed by atoms with Crippen LogP contribution < -0.4 is 0 Å². The van der Waals surface area contributed by atoms with E-state index in [-0.39, 0.29) is 0 Å². The van der Waals surface area contributed by atoms with Gasteiger partial charge in [-0.2, -0.15) is 0 Å². The van der Waals surface area contributed by atoms with Crippen molar-refractivity contribution in [2.75, 3.05) is 13.1 Å².